The molecule has 110 valence electrons. The zero-order valence-electron chi connectivity index (χ0n) is 11.6. The monoisotopic (exact) mass is 282 g/mol. The van der Waals surface area contributed by atoms with Crippen molar-refractivity contribution < 1.29 is 18.7 Å². The first kappa shape index (κ1) is 16.1. The van der Waals surface area contributed by atoms with Gasteiger partial charge in [-0.3, -0.25) is 4.79 Å². The standard InChI is InChI=1S/C14H19FN2O3/c1-3-4-5-11(16)13(18)17-12-7-6-9(15)8-10(12)14(19)20-2/h6-8,11H,3-5,16H2,1-2H3,(H,17,18)/t11-/m0/s1. The largest absolute Gasteiger partial charge is 0.465 e. The summed E-state index contributed by atoms with van der Waals surface area (Å²) < 4.78 is 17.7. The van der Waals surface area contributed by atoms with Gasteiger partial charge in [0.15, 0.2) is 0 Å². The normalized spacial score (nSPS) is 11.8. The third kappa shape index (κ3) is 4.31. The van der Waals surface area contributed by atoms with Crippen LogP contribution in [0.15, 0.2) is 18.2 Å². The number of hydrogen-bond acceptors (Lipinski definition) is 4. The van der Waals surface area contributed by atoms with Gasteiger partial charge in [0.25, 0.3) is 0 Å². The minimum atomic E-state index is -0.720. The van der Waals surface area contributed by atoms with Gasteiger partial charge < -0.3 is 15.8 Å². The van der Waals surface area contributed by atoms with Crippen LogP contribution < -0.4 is 11.1 Å². The number of amides is 1. The Morgan fingerprint density at radius 3 is 2.75 bits per heavy atom. The molecule has 0 fully saturated rings. The summed E-state index contributed by atoms with van der Waals surface area (Å²) in [6.07, 6.45) is 2.32. The Kier molecular flexibility index (Phi) is 6.11. The van der Waals surface area contributed by atoms with Crippen LogP contribution >= 0.6 is 0 Å². The minimum absolute atomic E-state index is 0.0384. The summed E-state index contributed by atoms with van der Waals surface area (Å²) >= 11 is 0. The number of carbonyl (C=O) groups is 2. The van der Waals surface area contributed by atoms with Gasteiger partial charge in [-0.2, -0.15) is 0 Å². The van der Waals surface area contributed by atoms with Crippen LogP contribution in [0, 0.1) is 5.82 Å². The molecule has 3 N–H and O–H groups in total. The van der Waals surface area contributed by atoms with Gasteiger partial charge in [-0.05, 0) is 24.6 Å². The smallest absolute Gasteiger partial charge is 0.340 e. The van der Waals surface area contributed by atoms with Crippen molar-refractivity contribution in [1.82, 2.24) is 0 Å². The number of unbranched alkanes of at least 4 members (excludes halogenated alkanes) is 1. The number of esters is 1. The molecule has 0 aliphatic rings. The van der Waals surface area contributed by atoms with Crippen LogP contribution in [-0.4, -0.2) is 25.0 Å². The van der Waals surface area contributed by atoms with Gasteiger partial charge in [0.1, 0.15) is 5.82 Å². The van der Waals surface area contributed by atoms with Gasteiger partial charge in [0.05, 0.1) is 24.4 Å². The van der Waals surface area contributed by atoms with Gasteiger partial charge in [-0.25, -0.2) is 9.18 Å². The molecule has 0 saturated carbocycles. The van der Waals surface area contributed by atoms with Gasteiger partial charge in [-0.1, -0.05) is 19.8 Å². The summed E-state index contributed by atoms with van der Waals surface area (Å²) in [7, 11) is 1.19. The lowest BCUT2D eigenvalue weighted by atomic mass is 10.1. The first-order valence-electron chi connectivity index (χ1n) is 6.44. The Bertz CT molecular complexity index is 491. The lowest BCUT2D eigenvalue weighted by Gasteiger charge is -2.14. The van der Waals surface area contributed by atoms with Crippen LogP contribution in [0.4, 0.5) is 10.1 Å². The molecule has 6 heteroatoms. The molecule has 0 unspecified atom stereocenters. The van der Waals surface area contributed by atoms with E-state index >= 15 is 0 Å². The number of carbonyl (C=O) groups excluding carboxylic acids is 2. The Morgan fingerprint density at radius 1 is 1.45 bits per heavy atom. The zero-order chi connectivity index (χ0) is 15.1. The molecular formula is C14H19FN2O3. The zero-order valence-corrected chi connectivity index (χ0v) is 11.6. The molecule has 1 aromatic rings. The van der Waals surface area contributed by atoms with Crippen LogP contribution in [0.1, 0.15) is 36.5 Å². The summed E-state index contributed by atoms with van der Waals surface area (Å²) in [5.41, 5.74) is 5.89. The fraction of sp³-hybridized carbons (Fsp3) is 0.429. The van der Waals surface area contributed by atoms with Crippen molar-refractivity contribution in [3.63, 3.8) is 0 Å². The number of halogens is 1. The lowest BCUT2D eigenvalue weighted by Crippen LogP contribution is -2.35. The Balaban J connectivity index is 2.86. The average molecular weight is 282 g/mol. The summed E-state index contributed by atoms with van der Waals surface area (Å²) in [4.78, 5) is 23.4. The molecule has 1 aromatic carbocycles. The van der Waals surface area contributed by atoms with Gasteiger partial charge in [0, 0.05) is 0 Å². The number of nitrogens with one attached hydrogen (secondary N) is 1. The molecule has 0 radical (unpaired) electrons. The van der Waals surface area contributed by atoms with E-state index < -0.39 is 23.7 Å². The highest BCUT2D eigenvalue weighted by molar-refractivity contribution is 6.02. The van der Waals surface area contributed by atoms with Crippen molar-refractivity contribution in [3.05, 3.63) is 29.6 Å². The van der Waals surface area contributed by atoms with Gasteiger partial charge in [0.2, 0.25) is 5.91 Å². The Hall–Kier alpha value is -1.95. The molecule has 0 spiro atoms. The van der Waals surface area contributed by atoms with Crippen LogP contribution in [0.25, 0.3) is 0 Å². The fourth-order valence-corrected chi connectivity index (χ4v) is 1.68. The molecule has 0 heterocycles. The number of rotatable bonds is 6. The molecular weight excluding hydrogens is 263 g/mol. The predicted molar refractivity (Wildman–Crippen MR) is 73.9 cm³/mol. The number of benzene rings is 1. The van der Waals surface area contributed by atoms with Crippen LogP contribution in [-0.2, 0) is 9.53 Å². The van der Waals surface area contributed by atoms with Crippen molar-refractivity contribution in [2.45, 2.75) is 32.2 Å². The maximum atomic E-state index is 13.2. The van der Waals surface area contributed by atoms with E-state index in [4.69, 9.17) is 5.73 Å². The second-order valence-corrected chi connectivity index (χ2v) is 4.42. The second kappa shape index (κ2) is 7.59. The van der Waals surface area contributed by atoms with Crippen molar-refractivity contribution >= 4 is 17.6 Å². The highest BCUT2D eigenvalue weighted by atomic mass is 19.1. The summed E-state index contributed by atoms with van der Waals surface area (Å²) in [6.45, 7) is 2.00. The summed E-state index contributed by atoms with van der Waals surface area (Å²) in [5, 5.41) is 2.53. The van der Waals surface area contributed by atoms with E-state index in [-0.39, 0.29) is 11.3 Å². The number of nitrogens with two attached hydrogens (primary N) is 1. The maximum Gasteiger partial charge on any atom is 0.340 e. The molecule has 0 bridgehead atoms. The SMILES string of the molecule is CCCC[C@H](N)C(=O)Nc1ccc(F)cc1C(=O)OC. The summed E-state index contributed by atoms with van der Waals surface area (Å²) in [5.74, 6) is -1.71. The third-order valence-corrected chi connectivity index (χ3v) is 2.85. The van der Waals surface area contributed by atoms with Crippen molar-refractivity contribution in [3.8, 4) is 0 Å². The van der Waals surface area contributed by atoms with E-state index in [0.717, 1.165) is 25.0 Å². The first-order chi connectivity index (χ1) is 9.49. The van der Waals surface area contributed by atoms with Crippen molar-refractivity contribution in [2.24, 2.45) is 5.73 Å². The fourth-order valence-electron chi connectivity index (χ4n) is 1.68. The summed E-state index contributed by atoms with van der Waals surface area (Å²) in [6, 6.07) is 2.82. The molecule has 1 atom stereocenters. The number of ether oxygens (including phenoxy) is 1. The molecule has 0 aliphatic carbocycles. The van der Waals surface area contributed by atoms with Crippen LogP contribution in [0.2, 0.25) is 0 Å². The van der Waals surface area contributed by atoms with Gasteiger partial charge in [-0.15, -0.1) is 0 Å². The van der Waals surface area contributed by atoms with Crippen LogP contribution in [0.3, 0.4) is 0 Å². The van der Waals surface area contributed by atoms with Crippen molar-refractivity contribution in [1.29, 1.82) is 0 Å². The maximum absolute atomic E-state index is 13.2. The Morgan fingerprint density at radius 2 is 2.15 bits per heavy atom. The van der Waals surface area contributed by atoms with E-state index in [9.17, 15) is 14.0 Å². The highest BCUT2D eigenvalue weighted by Crippen LogP contribution is 2.18. The van der Waals surface area contributed by atoms with E-state index in [2.05, 4.69) is 10.1 Å². The van der Waals surface area contributed by atoms with E-state index in [1.165, 1.54) is 13.2 Å². The average Bonchev–Trinajstić information content (AvgIpc) is 2.45. The number of anilines is 1. The van der Waals surface area contributed by atoms with Gasteiger partial charge >= 0.3 is 5.97 Å². The van der Waals surface area contributed by atoms with Crippen molar-refractivity contribution in [2.75, 3.05) is 12.4 Å². The highest BCUT2D eigenvalue weighted by Gasteiger charge is 2.18. The molecule has 0 saturated heterocycles. The molecule has 0 aromatic heterocycles. The van der Waals surface area contributed by atoms with E-state index in [1.807, 2.05) is 6.92 Å². The predicted octanol–water partition coefficient (Wildman–Crippen LogP) is 2.07. The molecule has 5 nitrogen and oxygen atoms in total. The first-order valence-corrected chi connectivity index (χ1v) is 6.44. The van der Waals surface area contributed by atoms with E-state index in [0.29, 0.717) is 6.42 Å². The number of hydrogen-bond donors (Lipinski definition) is 2. The lowest BCUT2D eigenvalue weighted by molar-refractivity contribution is -0.117. The molecule has 0 aliphatic heterocycles. The minimum Gasteiger partial charge on any atom is -0.465 e. The number of methoxy groups -OCH3 is 1. The topological polar surface area (TPSA) is 81.4 Å². The quantitative estimate of drug-likeness (QED) is 0.783. The third-order valence-electron chi connectivity index (χ3n) is 2.85. The van der Waals surface area contributed by atoms with Crippen LogP contribution in [0.5, 0.6) is 0 Å². The molecule has 1 amide bonds. The molecule has 20 heavy (non-hydrogen) atoms. The Labute approximate surface area is 117 Å². The molecule has 1 rings (SSSR count). The second-order valence-electron chi connectivity index (χ2n) is 4.42. The van der Waals surface area contributed by atoms with E-state index in [1.54, 1.807) is 0 Å².